The first-order valence-corrected chi connectivity index (χ1v) is 6.37. The number of benzene rings is 1. The van der Waals surface area contributed by atoms with E-state index in [1.165, 1.54) is 12.1 Å². The first-order chi connectivity index (χ1) is 8.75. The molecular formula is C11H16BFNO4S-. The summed E-state index contributed by atoms with van der Waals surface area (Å²) in [5.74, 6) is -2.62. The van der Waals surface area contributed by atoms with Crippen LogP contribution in [0.4, 0.5) is 4.39 Å². The van der Waals surface area contributed by atoms with Gasteiger partial charge in [-0.05, 0) is 12.1 Å². The highest BCUT2D eigenvalue weighted by Gasteiger charge is 2.32. The Balaban J connectivity index is 2.97. The minimum Gasteiger partial charge on any atom is -0.558 e. The Morgan fingerprint density at radius 1 is 1.37 bits per heavy atom. The van der Waals surface area contributed by atoms with Crippen LogP contribution in [0, 0.1) is 11.7 Å². The van der Waals surface area contributed by atoms with Crippen LogP contribution in [0.15, 0.2) is 24.3 Å². The molecule has 0 aliphatic heterocycles. The van der Waals surface area contributed by atoms with Gasteiger partial charge in [0, 0.05) is 17.6 Å². The topological polar surface area (TPSA) is 89.8 Å². The van der Waals surface area contributed by atoms with Crippen LogP contribution in [0.25, 0.3) is 0 Å². The molecule has 1 aromatic rings. The summed E-state index contributed by atoms with van der Waals surface area (Å²) in [6.45, 7) is -2.22. The molecule has 0 heterocycles. The number of carbonyl (C=O) groups is 1. The lowest BCUT2D eigenvalue weighted by atomic mass is 9.66. The first kappa shape index (κ1) is 16.0. The van der Waals surface area contributed by atoms with Gasteiger partial charge in [0.05, 0.1) is 0 Å². The largest absolute Gasteiger partial charge is 0.558 e. The molecule has 1 rings (SSSR count). The van der Waals surface area contributed by atoms with Crippen LogP contribution >= 0.6 is 12.6 Å². The van der Waals surface area contributed by atoms with Gasteiger partial charge in [0.1, 0.15) is 5.82 Å². The van der Waals surface area contributed by atoms with Gasteiger partial charge in [-0.25, -0.2) is 4.39 Å². The van der Waals surface area contributed by atoms with Crippen molar-refractivity contribution in [3.63, 3.8) is 0 Å². The molecule has 0 spiro atoms. The van der Waals surface area contributed by atoms with Crippen LogP contribution < -0.4 is 5.32 Å². The molecule has 0 saturated carbocycles. The maximum absolute atomic E-state index is 12.8. The quantitative estimate of drug-likeness (QED) is 0.390. The van der Waals surface area contributed by atoms with Crippen molar-refractivity contribution in [2.45, 2.75) is 12.9 Å². The molecule has 0 saturated heterocycles. The van der Waals surface area contributed by atoms with Crippen molar-refractivity contribution in [3.05, 3.63) is 35.6 Å². The highest BCUT2D eigenvalue weighted by Crippen LogP contribution is 2.20. The predicted octanol–water partition coefficient (Wildman–Crippen LogP) is 0.00390. The molecule has 0 aromatic heterocycles. The highest BCUT2D eigenvalue weighted by molar-refractivity contribution is 7.80. The summed E-state index contributed by atoms with van der Waals surface area (Å²) in [5, 5.41) is 30.4. The van der Waals surface area contributed by atoms with Crippen LogP contribution in [0.3, 0.4) is 0 Å². The smallest absolute Gasteiger partial charge is 0.398 e. The number of rotatable bonds is 5. The van der Waals surface area contributed by atoms with E-state index in [0.717, 1.165) is 12.1 Å². The summed E-state index contributed by atoms with van der Waals surface area (Å²) in [4.78, 5) is 11.7. The van der Waals surface area contributed by atoms with Crippen molar-refractivity contribution in [1.82, 2.24) is 5.32 Å². The van der Waals surface area contributed by atoms with Crippen LogP contribution in [0.1, 0.15) is 18.4 Å². The van der Waals surface area contributed by atoms with Crippen molar-refractivity contribution >= 4 is 25.3 Å². The van der Waals surface area contributed by atoms with Crippen LogP contribution in [-0.2, 0) is 4.79 Å². The Bertz CT molecular complexity index is 437. The summed E-state index contributed by atoms with van der Waals surface area (Å²) in [6, 6.07) is 4.70. The molecule has 4 N–H and O–H groups in total. The molecule has 5 nitrogen and oxygen atoms in total. The van der Waals surface area contributed by atoms with Gasteiger partial charge in [-0.3, -0.25) is 4.79 Å². The second-order valence-electron chi connectivity index (χ2n) is 4.42. The van der Waals surface area contributed by atoms with E-state index in [0.29, 0.717) is 0 Å². The zero-order chi connectivity index (χ0) is 14.6. The number of hydrogen-bond donors (Lipinski definition) is 5. The number of nitrogens with one attached hydrogen (secondary N) is 1. The number of hydrogen-bond acceptors (Lipinski definition) is 5. The molecule has 0 fully saturated rings. The molecule has 0 aliphatic carbocycles. The summed E-state index contributed by atoms with van der Waals surface area (Å²) >= 11 is 3.96. The third kappa shape index (κ3) is 4.50. The van der Waals surface area contributed by atoms with Crippen LogP contribution in [-0.4, -0.2) is 33.5 Å². The zero-order valence-electron chi connectivity index (χ0n) is 10.3. The van der Waals surface area contributed by atoms with Gasteiger partial charge in [0.25, 0.3) is 0 Å². The van der Waals surface area contributed by atoms with E-state index >= 15 is 0 Å². The lowest BCUT2D eigenvalue weighted by molar-refractivity contribution is -0.124. The minimum absolute atomic E-state index is 0.189. The van der Waals surface area contributed by atoms with Gasteiger partial charge in [0.2, 0.25) is 5.91 Å². The fourth-order valence-electron chi connectivity index (χ4n) is 1.50. The third-order valence-electron chi connectivity index (χ3n) is 2.70. The summed E-state index contributed by atoms with van der Waals surface area (Å²) in [5.41, 5.74) is 0.189. The molecule has 0 radical (unpaired) electrons. The molecule has 1 amide bonds. The normalized spacial score (nSPS) is 14.8. The maximum atomic E-state index is 12.8. The average molecular weight is 288 g/mol. The van der Waals surface area contributed by atoms with E-state index < -0.39 is 30.3 Å². The number of thiol groups is 1. The Morgan fingerprint density at radius 3 is 2.32 bits per heavy atom. The number of carbonyl (C=O) groups excluding carboxylic acids is 1. The van der Waals surface area contributed by atoms with Crippen LogP contribution in [0.5, 0.6) is 0 Å². The Kier molecular flexibility index (Phi) is 5.36. The van der Waals surface area contributed by atoms with Gasteiger partial charge in [-0.1, -0.05) is 24.6 Å². The standard InChI is InChI=1S/C11H16BFNO4S/c1-7(6-19)11(15)14-10(12(16,17)18)8-2-4-9(13)5-3-8/h2-5,7,10,16-19H,6H2,1H3,(H,14,15)/q-1/t7-,10+/m1/s1. The van der Waals surface area contributed by atoms with E-state index in [9.17, 15) is 24.3 Å². The van der Waals surface area contributed by atoms with E-state index in [1.54, 1.807) is 6.92 Å². The Hall–Kier alpha value is -1.09. The molecule has 19 heavy (non-hydrogen) atoms. The van der Waals surface area contributed by atoms with Crippen LogP contribution in [0.2, 0.25) is 0 Å². The van der Waals surface area contributed by atoms with Crippen molar-refractivity contribution in [1.29, 1.82) is 0 Å². The highest BCUT2D eigenvalue weighted by atomic mass is 32.1. The predicted molar refractivity (Wildman–Crippen MR) is 72.7 cm³/mol. The van der Waals surface area contributed by atoms with Gasteiger partial charge in [-0.15, -0.1) is 0 Å². The molecule has 106 valence electrons. The Morgan fingerprint density at radius 2 is 1.89 bits per heavy atom. The summed E-state index contributed by atoms with van der Waals surface area (Å²) in [7, 11) is 0. The average Bonchev–Trinajstić information content (AvgIpc) is 2.34. The molecule has 1 aromatic carbocycles. The maximum Gasteiger partial charge on any atom is 0.398 e. The zero-order valence-corrected chi connectivity index (χ0v) is 11.2. The second-order valence-corrected chi connectivity index (χ2v) is 4.78. The fraction of sp³-hybridized carbons (Fsp3) is 0.364. The molecular weight excluding hydrogens is 272 g/mol. The molecule has 2 atom stereocenters. The fourth-order valence-corrected chi connectivity index (χ4v) is 1.67. The first-order valence-electron chi connectivity index (χ1n) is 5.74. The second kappa shape index (κ2) is 6.38. The minimum atomic E-state index is -3.82. The SMILES string of the molecule is C[C@H](CS)C(=O)N[C@@H](c1ccc(F)cc1)[B-](O)(O)O. The van der Waals surface area contributed by atoms with Gasteiger partial charge < -0.3 is 20.4 Å². The lowest BCUT2D eigenvalue weighted by Crippen LogP contribution is -2.52. The van der Waals surface area contributed by atoms with Crippen molar-refractivity contribution in [2.24, 2.45) is 5.92 Å². The summed E-state index contributed by atoms with van der Waals surface area (Å²) < 4.78 is 12.8. The lowest BCUT2D eigenvalue weighted by Gasteiger charge is -2.33. The van der Waals surface area contributed by atoms with Crippen molar-refractivity contribution < 1.29 is 24.3 Å². The molecule has 0 unspecified atom stereocenters. The monoisotopic (exact) mass is 288 g/mol. The number of amides is 1. The molecule has 0 bridgehead atoms. The number of halogens is 1. The van der Waals surface area contributed by atoms with Gasteiger partial charge >= 0.3 is 6.75 Å². The van der Waals surface area contributed by atoms with Crippen molar-refractivity contribution in [2.75, 3.05) is 5.75 Å². The van der Waals surface area contributed by atoms with Crippen molar-refractivity contribution in [3.8, 4) is 0 Å². The Labute approximate surface area is 115 Å². The van der Waals surface area contributed by atoms with E-state index in [-0.39, 0.29) is 11.3 Å². The van der Waals surface area contributed by atoms with E-state index in [4.69, 9.17) is 0 Å². The third-order valence-corrected chi connectivity index (χ3v) is 3.24. The van der Waals surface area contributed by atoms with E-state index in [2.05, 4.69) is 17.9 Å². The summed E-state index contributed by atoms with van der Waals surface area (Å²) in [6.07, 6.45) is 0. The van der Waals surface area contributed by atoms with E-state index in [1.807, 2.05) is 0 Å². The molecule has 8 heteroatoms. The van der Waals surface area contributed by atoms with Gasteiger partial charge in [-0.2, -0.15) is 12.6 Å². The van der Waals surface area contributed by atoms with Gasteiger partial charge in [0.15, 0.2) is 0 Å². The molecule has 0 aliphatic rings.